The number of amides is 2. The van der Waals surface area contributed by atoms with Gasteiger partial charge >= 0.3 is 0 Å². The number of halogens is 1. The van der Waals surface area contributed by atoms with Crippen molar-refractivity contribution in [3.05, 3.63) is 136 Å². The number of carbonyl (C=O) groups is 3. The van der Waals surface area contributed by atoms with Crippen LogP contribution in [0.2, 0.25) is 5.02 Å². The highest BCUT2D eigenvalue weighted by Crippen LogP contribution is 2.33. The van der Waals surface area contributed by atoms with Crippen LogP contribution in [-0.4, -0.2) is 28.0 Å². The third-order valence-electron chi connectivity index (χ3n) is 7.59. The molecule has 0 spiro atoms. The van der Waals surface area contributed by atoms with Gasteiger partial charge in [0.05, 0.1) is 11.3 Å². The summed E-state index contributed by atoms with van der Waals surface area (Å²) in [5, 5.41) is 7.39. The Kier molecular flexibility index (Phi) is 8.96. The van der Waals surface area contributed by atoms with E-state index in [0.29, 0.717) is 21.8 Å². The predicted molar refractivity (Wildman–Crippen MR) is 178 cm³/mol. The van der Waals surface area contributed by atoms with Gasteiger partial charge < -0.3 is 10.6 Å². The van der Waals surface area contributed by atoms with Crippen LogP contribution in [0.4, 0.5) is 5.69 Å². The molecule has 0 atom stereocenters. The van der Waals surface area contributed by atoms with Gasteiger partial charge in [-0.05, 0) is 91.4 Å². The summed E-state index contributed by atoms with van der Waals surface area (Å²) < 4.78 is 1.91. The molecule has 0 fully saturated rings. The quantitative estimate of drug-likeness (QED) is 0.136. The van der Waals surface area contributed by atoms with Crippen LogP contribution in [-0.2, 0) is 17.6 Å². The Balaban J connectivity index is 1.18. The van der Waals surface area contributed by atoms with Crippen molar-refractivity contribution in [2.45, 2.75) is 30.6 Å². The molecule has 2 N–H and O–H groups in total. The van der Waals surface area contributed by atoms with Crippen LogP contribution in [0.5, 0.6) is 0 Å². The number of rotatable bonds is 8. The number of nitrogens with one attached hydrogen (secondary N) is 2. The van der Waals surface area contributed by atoms with Crippen LogP contribution < -0.4 is 10.6 Å². The number of aryl methyl sites for hydroxylation is 1. The zero-order chi connectivity index (χ0) is 30.5. The number of anilines is 1. The van der Waals surface area contributed by atoms with E-state index in [1.807, 2.05) is 47.0 Å². The van der Waals surface area contributed by atoms with Gasteiger partial charge in [0.1, 0.15) is 5.70 Å². The van der Waals surface area contributed by atoms with E-state index in [-0.39, 0.29) is 17.4 Å². The van der Waals surface area contributed by atoms with E-state index in [1.54, 1.807) is 60.7 Å². The SMILES string of the molecule is O=C(Nc1cccc(SCC(=O)n2c3c(c4ccccc42)CCCC3)c1)/C(=C/c1ccc(Cl)cc1)NC(=O)c1ccccc1. The monoisotopic (exact) mass is 619 g/mol. The standard InChI is InChI=1S/C36H30ClN3O3S/c37-26-19-17-24(18-20-26)21-31(39-35(42)25-9-2-1-3-10-25)36(43)38-27-11-8-12-28(22-27)44-23-34(41)40-32-15-6-4-13-29(32)30-14-5-7-16-33(30)40/h1-4,6,8-13,15,17-22H,5,7,14,16,23H2,(H,38,43)(H,39,42)/b31-21-. The van der Waals surface area contributed by atoms with Gasteiger partial charge in [-0.3, -0.25) is 19.0 Å². The number of benzene rings is 4. The van der Waals surface area contributed by atoms with E-state index in [0.717, 1.165) is 41.8 Å². The second-order valence-electron chi connectivity index (χ2n) is 10.6. The summed E-state index contributed by atoms with van der Waals surface area (Å²) >= 11 is 7.46. The molecule has 4 aromatic carbocycles. The average molecular weight is 620 g/mol. The van der Waals surface area contributed by atoms with Crippen LogP contribution in [0, 0.1) is 0 Å². The van der Waals surface area contributed by atoms with E-state index in [1.165, 1.54) is 22.7 Å². The van der Waals surface area contributed by atoms with Crippen LogP contribution in [0.25, 0.3) is 17.0 Å². The van der Waals surface area contributed by atoms with Gasteiger partial charge in [0, 0.05) is 32.2 Å². The summed E-state index contributed by atoms with van der Waals surface area (Å²) in [5.41, 5.74) is 5.19. The molecule has 5 aromatic rings. The minimum Gasteiger partial charge on any atom is -0.321 e. The molecule has 8 heteroatoms. The molecule has 1 aliphatic rings. The molecule has 1 aromatic heterocycles. The topological polar surface area (TPSA) is 80.2 Å². The van der Waals surface area contributed by atoms with Crippen LogP contribution in [0.1, 0.15) is 44.8 Å². The molecule has 0 saturated carbocycles. The van der Waals surface area contributed by atoms with Gasteiger partial charge in [0.25, 0.3) is 11.8 Å². The number of hydrogen-bond donors (Lipinski definition) is 2. The fourth-order valence-corrected chi connectivity index (χ4v) is 6.45. The Morgan fingerprint density at radius 1 is 0.841 bits per heavy atom. The van der Waals surface area contributed by atoms with E-state index >= 15 is 0 Å². The molecule has 0 aliphatic heterocycles. The highest BCUT2D eigenvalue weighted by Gasteiger charge is 2.23. The van der Waals surface area contributed by atoms with Gasteiger partial charge in [-0.25, -0.2) is 0 Å². The minimum atomic E-state index is -0.479. The highest BCUT2D eigenvalue weighted by atomic mass is 35.5. The van der Waals surface area contributed by atoms with Crippen LogP contribution >= 0.6 is 23.4 Å². The lowest BCUT2D eigenvalue weighted by Crippen LogP contribution is -2.30. The van der Waals surface area contributed by atoms with E-state index in [4.69, 9.17) is 11.6 Å². The maximum atomic E-state index is 13.5. The summed E-state index contributed by atoms with van der Waals surface area (Å²) in [6.07, 6.45) is 5.76. The van der Waals surface area contributed by atoms with Crippen LogP contribution in [0.3, 0.4) is 0 Å². The minimum absolute atomic E-state index is 0.0422. The van der Waals surface area contributed by atoms with E-state index < -0.39 is 11.8 Å². The summed E-state index contributed by atoms with van der Waals surface area (Å²) in [7, 11) is 0. The molecule has 220 valence electrons. The Morgan fingerprint density at radius 3 is 2.41 bits per heavy atom. The van der Waals surface area contributed by atoms with Crippen molar-refractivity contribution in [3.63, 3.8) is 0 Å². The Labute approximate surface area is 265 Å². The molecule has 0 radical (unpaired) electrons. The van der Waals surface area contributed by atoms with Crippen molar-refractivity contribution in [2.75, 3.05) is 11.1 Å². The molecular weight excluding hydrogens is 590 g/mol. The fraction of sp³-hybridized carbons (Fsp3) is 0.139. The van der Waals surface area contributed by atoms with Crippen LogP contribution in [0.15, 0.2) is 114 Å². The highest BCUT2D eigenvalue weighted by molar-refractivity contribution is 8.00. The molecule has 0 saturated heterocycles. The first-order chi connectivity index (χ1) is 21.5. The Hall–Kier alpha value is -4.59. The maximum Gasteiger partial charge on any atom is 0.272 e. The van der Waals surface area contributed by atoms with Gasteiger partial charge in [-0.2, -0.15) is 0 Å². The molecule has 2 amide bonds. The average Bonchev–Trinajstić information content (AvgIpc) is 3.39. The van der Waals surface area contributed by atoms with Crippen molar-refractivity contribution in [3.8, 4) is 0 Å². The van der Waals surface area contributed by atoms with Crippen molar-refractivity contribution in [1.29, 1.82) is 0 Å². The van der Waals surface area contributed by atoms with Gasteiger partial charge in [0.2, 0.25) is 5.91 Å². The fourth-order valence-electron chi connectivity index (χ4n) is 5.52. The number of nitrogens with zero attached hydrogens (tertiary/aromatic N) is 1. The smallest absolute Gasteiger partial charge is 0.272 e. The number of carbonyl (C=O) groups excluding carboxylic acids is 3. The number of para-hydroxylation sites is 1. The van der Waals surface area contributed by atoms with E-state index in [2.05, 4.69) is 16.7 Å². The summed E-state index contributed by atoms with van der Waals surface area (Å²) in [6, 6.07) is 31.2. The third kappa shape index (κ3) is 6.64. The normalized spacial score (nSPS) is 12.9. The van der Waals surface area contributed by atoms with Crippen molar-refractivity contribution in [1.82, 2.24) is 9.88 Å². The van der Waals surface area contributed by atoms with Crippen molar-refractivity contribution >= 4 is 63.8 Å². The zero-order valence-electron chi connectivity index (χ0n) is 23.9. The largest absolute Gasteiger partial charge is 0.321 e. The number of thioether (sulfide) groups is 1. The lowest BCUT2D eigenvalue weighted by molar-refractivity contribution is -0.113. The van der Waals surface area contributed by atoms with Crippen molar-refractivity contribution < 1.29 is 14.4 Å². The first-order valence-corrected chi connectivity index (χ1v) is 15.8. The summed E-state index contributed by atoms with van der Waals surface area (Å²) in [5.74, 6) is -0.575. The molecule has 0 bridgehead atoms. The Bertz CT molecular complexity index is 1880. The molecule has 1 heterocycles. The van der Waals surface area contributed by atoms with Gasteiger partial charge in [-0.1, -0.05) is 66.2 Å². The number of hydrogen-bond acceptors (Lipinski definition) is 4. The third-order valence-corrected chi connectivity index (χ3v) is 8.82. The molecule has 44 heavy (non-hydrogen) atoms. The van der Waals surface area contributed by atoms with Gasteiger partial charge in [0.15, 0.2) is 0 Å². The summed E-state index contributed by atoms with van der Waals surface area (Å²) in [4.78, 5) is 40.8. The Morgan fingerprint density at radius 2 is 1.59 bits per heavy atom. The lowest BCUT2D eigenvalue weighted by atomic mass is 9.96. The first-order valence-electron chi connectivity index (χ1n) is 14.5. The second kappa shape index (κ2) is 13.4. The number of fused-ring (bicyclic) bond motifs is 3. The van der Waals surface area contributed by atoms with E-state index in [9.17, 15) is 14.4 Å². The molecule has 6 rings (SSSR count). The number of aromatic nitrogens is 1. The predicted octanol–water partition coefficient (Wildman–Crippen LogP) is 8.02. The van der Waals surface area contributed by atoms with Gasteiger partial charge in [-0.15, -0.1) is 11.8 Å². The molecule has 6 nitrogen and oxygen atoms in total. The first kappa shape index (κ1) is 29.5. The lowest BCUT2D eigenvalue weighted by Gasteiger charge is -2.15. The summed E-state index contributed by atoms with van der Waals surface area (Å²) in [6.45, 7) is 0. The van der Waals surface area contributed by atoms with Crippen molar-refractivity contribution in [2.24, 2.45) is 0 Å². The maximum absolute atomic E-state index is 13.5. The zero-order valence-corrected chi connectivity index (χ0v) is 25.5. The molecular formula is C36H30ClN3O3S. The molecule has 0 unspecified atom stereocenters. The second-order valence-corrected chi connectivity index (χ2v) is 12.1. The molecule has 1 aliphatic carbocycles.